The van der Waals surface area contributed by atoms with Crippen molar-refractivity contribution in [2.75, 3.05) is 6.61 Å². The van der Waals surface area contributed by atoms with Crippen molar-refractivity contribution in [3.63, 3.8) is 0 Å². The molecule has 0 fully saturated rings. The highest BCUT2D eigenvalue weighted by molar-refractivity contribution is 6.30. The SMILES string of the molecule is CCOC(=O)[C@@H](C[C@H](CC(=O)c1cn[nH]n1)Cc1ccc(-c2cc(Cl)ccc2F)cc1)Cn1ccnc1. The molecule has 0 radical (unpaired) electrons. The second-order valence-corrected chi connectivity index (χ2v) is 9.25. The molecule has 0 aliphatic heterocycles. The lowest BCUT2D eigenvalue weighted by atomic mass is 9.85. The summed E-state index contributed by atoms with van der Waals surface area (Å²) in [5.74, 6) is -1.49. The Morgan fingerprint density at radius 1 is 1.19 bits per heavy atom. The Morgan fingerprint density at radius 2 is 2.00 bits per heavy atom. The van der Waals surface area contributed by atoms with E-state index in [2.05, 4.69) is 20.4 Å². The van der Waals surface area contributed by atoms with Gasteiger partial charge in [-0.3, -0.25) is 9.59 Å². The average molecular weight is 524 g/mol. The van der Waals surface area contributed by atoms with E-state index in [0.717, 1.165) is 5.56 Å². The number of ketones is 1. The molecule has 4 rings (SSSR count). The van der Waals surface area contributed by atoms with Gasteiger partial charge in [-0.1, -0.05) is 35.9 Å². The summed E-state index contributed by atoms with van der Waals surface area (Å²) in [6.07, 6.45) is 7.61. The van der Waals surface area contributed by atoms with Gasteiger partial charge >= 0.3 is 5.97 Å². The number of aromatic nitrogens is 5. The van der Waals surface area contributed by atoms with Crippen LogP contribution in [-0.2, 0) is 22.5 Å². The predicted molar refractivity (Wildman–Crippen MR) is 136 cm³/mol. The number of hydrogen-bond donors (Lipinski definition) is 1. The van der Waals surface area contributed by atoms with Crippen molar-refractivity contribution in [1.29, 1.82) is 0 Å². The van der Waals surface area contributed by atoms with Crippen molar-refractivity contribution in [2.45, 2.75) is 32.7 Å². The number of benzene rings is 2. The van der Waals surface area contributed by atoms with Crippen molar-refractivity contribution < 1.29 is 18.7 Å². The molecule has 2 aromatic heterocycles. The van der Waals surface area contributed by atoms with Crippen LogP contribution in [0.4, 0.5) is 4.39 Å². The maximum absolute atomic E-state index is 14.3. The molecule has 0 amide bonds. The summed E-state index contributed by atoms with van der Waals surface area (Å²) in [4.78, 5) is 29.8. The minimum atomic E-state index is -0.468. The number of carbonyl (C=O) groups is 2. The Morgan fingerprint density at radius 3 is 2.68 bits per heavy atom. The molecule has 2 atom stereocenters. The van der Waals surface area contributed by atoms with Gasteiger partial charge in [-0.2, -0.15) is 15.4 Å². The van der Waals surface area contributed by atoms with Gasteiger partial charge in [0, 0.05) is 35.9 Å². The molecule has 0 saturated heterocycles. The number of imidazole rings is 1. The Labute approximate surface area is 218 Å². The van der Waals surface area contributed by atoms with Crippen LogP contribution in [0.3, 0.4) is 0 Å². The normalized spacial score (nSPS) is 12.7. The molecule has 1 N–H and O–H groups in total. The number of ether oxygens (including phenoxy) is 1. The number of nitrogens with zero attached hydrogens (tertiary/aromatic N) is 4. The summed E-state index contributed by atoms with van der Waals surface area (Å²) in [5, 5.41) is 10.6. The van der Waals surface area contributed by atoms with Gasteiger partial charge in [0.25, 0.3) is 0 Å². The number of H-pyrrole nitrogens is 1. The molecule has 10 heteroatoms. The number of carbonyl (C=O) groups excluding carboxylic acids is 2. The zero-order chi connectivity index (χ0) is 26.2. The molecule has 37 heavy (non-hydrogen) atoms. The second-order valence-electron chi connectivity index (χ2n) is 8.82. The molecule has 0 unspecified atom stereocenters. The first-order valence-electron chi connectivity index (χ1n) is 12.0. The fourth-order valence-corrected chi connectivity index (χ4v) is 4.54. The Bertz CT molecular complexity index is 1310. The van der Waals surface area contributed by atoms with Crippen molar-refractivity contribution in [3.05, 3.63) is 89.5 Å². The lowest BCUT2D eigenvalue weighted by Gasteiger charge is -2.23. The van der Waals surface area contributed by atoms with E-state index in [1.165, 1.54) is 18.3 Å². The quantitative estimate of drug-likeness (QED) is 0.203. The third-order valence-corrected chi connectivity index (χ3v) is 6.36. The molecule has 0 aliphatic rings. The zero-order valence-electron chi connectivity index (χ0n) is 20.3. The molecule has 8 nitrogen and oxygen atoms in total. The van der Waals surface area contributed by atoms with Crippen molar-refractivity contribution in [1.82, 2.24) is 25.0 Å². The number of rotatable bonds is 12. The molecule has 0 saturated carbocycles. The first-order valence-corrected chi connectivity index (χ1v) is 12.4. The molecule has 0 spiro atoms. The minimum Gasteiger partial charge on any atom is -0.466 e. The van der Waals surface area contributed by atoms with Gasteiger partial charge in [-0.25, -0.2) is 9.37 Å². The molecular formula is C27H27ClFN5O3. The van der Waals surface area contributed by atoms with E-state index in [-0.39, 0.29) is 42.2 Å². The number of esters is 1. The standard InChI is InChI=1S/C27H27ClFN5O3/c1-2-37-27(36)21(16-34-10-9-30-17-34)12-19(13-26(35)25-15-31-33-32-25)11-18-3-5-20(6-4-18)23-14-22(28)7-8-24(23)29/h3-10,14-15,17,19,21H,2,11-13,16H2,1H3,(H,31,32,33)/t19-,21+/m1/s1. The zero-order valence-corrected chi connectivity index (χ0v) is 21.1. The third-order valence-electron chi connectivity index (χ3n) is 6.12. The van der Waals surface area contributed by atoms with E-state index in [4.69, 9.17) is 16.3 Å². The monoisotopic (exact) mass is 523 g/mol. The van der Waals surface area contributed by atoms with Crippen LogP contribution in [0.25, 0.3) is 11.1 Å². The Hall–Kier alpha value is -3.85. The molecule has 0 bridgehead atoms. The van der Waals surface area contributed by atoms with Crippen LogP contribution in [0.1, 0.15) is 35.8 Å². The highest BCUT2D eigenvalue weighted by atomic mass is 35.5. The highest BCUT2D eigenvalue weighted by Crippen LogP contribution is 2.29. The first-order chi connectivity index (χ1) is 17.9. The number of nitrogens with one attached hydrogen (secondary N) is 1. The van der Waals surface area contributed by atoms with E-state index >= 15 is 0 Å². The number of aromatic amines is 1. The highest BCUT2D eigenvalue weighted by Gasteiger charge is 2.27. The largest absolute Gasteiger partial charge is 0.466 e. The smallest absolute Gasteiger partial charge is 0.310 e. The van der Waals surface area contributed by atoms with Crippen LogP contribution in [0.15, 0.2) is 67.4 Å². The number of halogens is 2. The van der Waals surface area contributed by atoms with E-state index in [1.807, 2.05) is 28.8 Å². The van der Waals surface area contributed by atoms with Gasteiger partial charge in [-0.05, 0) is 55.0 Å². The van der Waals surface area contributed by atoms with Crippen LogP contribution in [-0.4, -0.2) is 43.3 Å². The summed E-state index contributed by atoms with van der Waals surface area (Å²) in [7, 11) is 0. The summed E-state index contributed by atoms with van der Waals surface area (Å²) < 4.78 is 21.5. The summed E-state index contributed by atoms with van der Waals surface area (Å²) in [6.45, 7) is 2.42. The molecular weight excluding hydrogens is 497 g/mol. The number of hydrogen-bond acceptors (Lipinski definition) is 6. The summed E-state index contributed by atoms with van der Waals surface area (Å²) >= 11 is 6.05. The molecule has 2 heterocycles. The summed E-state index contributed by atoms with van der Waals surface area (Å²) in [5.41, 5.74) is 2.32. The molecule has 0 aliphatic carbocycles. The van der Waals surface area contributed by atoms with Gasteiger partial charge in [0.2, 0.25) is 0 Å². The van der Waals surface area contributed by atoms with Gasteiger partial charge in [-0.15, -0.1) is 0 Å². The lowest BCUT2D eigenvalue weighted by Crippen LogP contribution is -2.27. The second kappa shape index (κ2) is 12.4. The third kappa shape index (κ3) is 7.10. The van der Waals surface area contributed by atoms with Crippen LogP contribution in [0, 0.1) is 17.7 Å². The fraction of sp³-hybridized carbons (Fsp3) is 0.296. The Balaban J connectivity index is 1.55. The fourth-order valence-electron chi connectivity index (χ4n) is 4.37. The topological polar surface area (TPSA) is 103 Å². The molecule has 192 valence electrons. The van der Waals surface area contributed by atoms with Crippen LogP contribution < -0.4 is 0 Å². The first kappa shape index (κ1) is 26.2. The van der Waals surface area contributed by atoms with Gasteiger partial charge in [0.1, 0.15) is 11.5 Å². The van der Waals surface area contributed by atoms with Crippen LogP contribution >= 0.6 is 11.6 Å². The lowest BCUT2D eigenvalue weighted by molar-refractivity contribution is -0.149. The van der Waals surface area contributed by atoms with Crippen molar-refractivity contribution in [3.8, 4) is 11.1 Å². The van der Waals surface area contributed by atoms with E-state index < -0.39 is 5.92 Å². The average Bonchev–Trinajstić information content (AvgIpc) is 3.60. The van der Waals surface area contributed by atoms with E-state index in [0.29, 0.717) is 35.5 Å². The van der Waals surface area contributed by atoms with Gasteiger partial charge < -0.3 is 9.30 Å². The Kier molecular flexibility index (Phi) is 8.79. The van der Waals surface area contributed by atoms with Crippen LogP contribution in [0.2, 0.25) is 5.02 Å². The summed E-state index contributed by atoms with van der Waals surface area (Å²) in [6, 6.07) is 11.9. The molecule has 4 aromatic rings. The van der Waals surface area contributed by atoms with Gasteiger partial charge in [0.15, 0.2) is 5.78 Å². The maximum atomic E-state index is 14.3. The van der Waals surface area contributed by atoms with Crippen molar-refractivity contribution in [2.24, 2.45) is 11.8 Å². The molecule has 2 aromatic carbocycles. The predicted octanol–water partition coefficient (Wildman–Crippen LogP) is 5.16. The van der Waals surface area contributed by atoms with Gasteiger partial charge in [0.05, 0.1) is 25.0 Å². The number of Topliss-reactive ketones (excluding diaryl/α,β-unsaturated/α-hetero) is 1. The minimum absolute atomic E-state index is 0.165. The van der Waals surface area contributed by atoms with Crippen LogP contribution in [0.5, 0.6) is 0 Å². The van der Waals surface area contributed by atoms with Crippen molar-refractivity contribution >= 4 is 23.4 Å². The van der Waals surface area contributed by atoms with E-state index in [1.54, 1.807) is 31.7 Å². The maximum Gasteiger partial charge on any atom is 0.310 e. The van der Waals surface area contributed by atoms with E-state index in [9.17, 15) is 14.0 Å².